The fourth-order valence-electron chi connectivity index (χ4n) is 5.11. The average molecular weight is 599 g/mol. The van der Waals surface area contributed by atoms with Gasteiger partial charge in [0.15, 0.2) is 0 Å². The first-order valence-electron chi connectivity index (χ1n) is 13.4. The van der Waals surface area contributed by atoms with Gasteiger partial charge >= 0.3 is 0 Å². The molecule has 4 heterocycles. The quantitative estimate of drug-likeness (QED) is 0.415. The molecule has 0 aromatic carbocycles. The van der Waals surface area contributed by atoms with Gasteiger partial charge in [0.2, 0.25) is 15.9 Å². The van der Waals surface area contributed by atoms with E-state index in [2.05, 4.69) is 29.5 Å². The molecule has 12 heteroatoms. The number of anilines is 2. The Balaban J connectivity index is 1.47. The number of piperidine rings is 1. The lowest BCUT2D eigenvalue weighted by Gasteiger charge is -2.35. The highest BCUT2D eigenvalue weighted by atomic mass is 35.5. The highest BCUT2D eigenvalue weighted by Gasteiger charge is 2.34. The van der Waals surface area contributed by atoms with Crippen LogP contribution < -0.4 is 10.6 Å². The molecule has 2 aromatic heterocycles. The van der Waals surface area contributed by atoms with E-state index in [0.717, 1.165) is 26.0 Å². The summed E-state index contributed by atoms with van der Waals surface area (Å²) in [6, 6.07) is 5.24. The van der Waals surface area contributed by atoms with Gasteiger partial charge in [-0.05, 0) is 77.5 Å². The van der Waals surface area contributed by atoms with Gasteiger partial charge in [0.25, 0.3) is 0 Å². The zero-order valence-corrected chi connectivity index (χ0v) is 25.2. The predicted octanol–water partition coefficient (Wildman–Crippen LogP) is 5.46. The maximum atomic E-state index is 13.1. The number of ether oxygens (including phenoxy) is 1. The van der Waals surface area contributed by atoms with E-state index in [4.69, 9.17) is 32.9 Å². The van der Waals surface area contributed by atoms with Gasteiger partial charge in [0.1, 0.15) is 11.6 Å². The number of halogens is 2. The summed E-state index contributed by atoms with van der Waals surface area (Å²) >= 11 is 13.0. The normalized spacial score (nSPS) is 22.0. The molecule has 0 unspecified atom stereocenters. The Kier molecular flexibility index (Phi) is 9.43. The van der Waals surface area contributed by atoms with Crippen LogP contribution in [-0.2, 0) is 19.6 Å². The lowest BCUT2D eigenvalue weighted by molar-refractivity contribution is -0.120. The number of sulfonamides is 1. The van der Waals surface area contributed by atoms with Gasteiger partial charge in [-0.15, -0.1) is 0 Å². The standard InChI is InChI=1S/C27H37Cl2N5O4S/c1-17(2)39(36,37)34-10-5-6-19(16-34)26(35)33-24-12-20(22(29)15-31-24)25-21(28)7-8-23(32-25)30-14-18-9-11-38-27(3,4)13-18/h7-8,12,15,17-19H,5-6,9-11,13-14,16H2,1-4H3,(H,30,32)(H,31,33,35)/t18-,19-/m0/s1. The first-order valence-corrected chi connectivity index (χ1v) is 15.6. The first-order chi connectivity index (χ1) is 18.4. The fraction of sp³-hybridized carbons (Fsp3) is 0.593. The van der Waals surface area contributed by atoms with Crippen LogP contribution in [0.25, 0.3) is 11.3 Å². The van der Waals surface area contributed by atoms with Crippen LogP contribution >= 0.6 is 23.2 Å². The third-order valence-electron chi connectivity index (χ3n) is 7.29. The third-order valence-corrected chi connectivity index (χ3v) is 10.1. The second-order valence-electron chi connectivity index (χ2n) is 11.2. The summed E-state index contributed by atoms with van der Waals surface area (Å²) in [7, 11) is -3.43. The van der Waals surface area contributed by atoms with Crippen molar-refractivity contribution in [1.29, 1.82) is 0 Å². The molecule has 2 aromatic rings. The molecule has 2 aliphatic heterocycles. The van der Waals surface area contributed by atoms with E-state index < -0.39 is 21.2 Å². The molecule has 2 aliphatic rings. The summed E-state index contributed by atoms with van der Waals surface area (Å²) in [5.41, 5.74) is 0.881. The number of carbonyl (C=O) groups is 1. The minimum atomic E-state index is -3.43. The molecule has 0 saturated carbocycles. The van der Waals surface area contributed by atoms with Crippen molar-refractivity contribution in [1.82, 2.24) is 14.3 Å². The maximum Gasteiger partial charge on any atom is 0.229 e. The molecule has 2 N–H and O–H groups in total. The molecule has 214 valence electrons. The smallest absolute Gasteiger partial charge is 0.229 e. The number of hydrogen-bond acceptors (Lipinski definition) is 7. The van der Waals surface area contributed by atoms with E-state index in [-0.39, 0.29) is 18.1 Å². The predicted molar refractivity (Wildman–Crippen MR) is 156 cm³/mol. The first kappa shape index (κ1) is 30.0. The largest absolute Gasteiger partial charge is 0.376 e. The van der Waals surface area contributed by atoms with Crippen molar-refractivity contribution >= 4 is 50.8 Å². The Hall–Kier alpha value is -1.98. The second-order valence-corrected chi connectivity index (χ2v) is 14.5. The van der Waals surface area contributed by atoms with Gasteiger partial charge < -0.3 is 15.4 Å². The van der Waals surface area contributed by atoms with E-state index in [1.807, 2.05) is 6.07 Å². The van der Waals surface area contributed by atoms with Crippen molar-refractivity contribution in [3.63, 3.8) is 0 Å². The van der Waals surface area contributed by atoms with Crippen LogP contribution in [0.3, 0.4) is 0 Å². The highest BCUT2D eigenvalue weighted by molar-refractivity contribution is 7.89. The number of aromatic nitrogens is 2. The van der Waals surface area contributed by atoms with Crippen molar-refractivity contribution in [3.05, 3.63) is 34.4 Å². The van der Waals surface area contributed by atoms with Crippen molar-refractivity contribution in [2.45, 2.75) is 64.2 Å². The molecule has 2 atom stereocenters. The van der Waals surface area contributed by atoms with Crippen LogP contribution in [0.1, 0.15) is 53.4 Å². The summed E-state index contributed by atoms with van der Waals surface area (Å²) in [5, 5.41) is 6.47. The van der Waals surface area contributed by atoms with Crippen LogP contribution in [0.5, 0.6) is 0 Å². The van der Waals surface area contributed by atoms with E-state index >= 15 is 0 Å². The molecule has 2 fully saturated rings. The van der Waals surface area contributed by atoms with Crippen molar-refractivity contribution in [3.8, 4) is 11.3 Å². The molecule has 39 heavy (non-hydrogen) atoms. The molecular weight excluding hydrogens is 561 g/mol. The second kappa shape index (κ2) is 12.3. The molecule has 0 spiro atoms. The van der Waals surface area contributed by atoms with Crippen molar-refractivity contribution < 1.29 is 17.9 Å². The number of carbonyl (C=O) groups excluding carboxylic acids is 1. The van der Waals surface area contributed by atoms with E-state index in [9.17, 15) is 13.2 Å². The molecule has 2 saturated heterocycles. The van der Waals surface area contributed by atoms with Gasteiger partial charge in [-0.2, -0.15) is 0 Å². The third kappa shape index (κ3) is 7.41. The molecular formula is C27H37Cl2N5O4S. The molecule has 1 amide bonds. The summed E-state index contributed by atoms with van der Waals surface area (Å²) in [6.45, 7) is 9.59. The number of hydrogen-bond donors (Lipinski definition) is 2. The topological polar surface area (TPSA) is 114 Å². The zero-order chi connectivity index (χ0) is 28.4. The highest BCUT2D eigenvalue weighted by Crippen LogP contribution is 2.35. The van der Waals surface area contributed by atoms with Gasteiger partial charge in [-0.1, -0.05) is 23.2 Å². The number of pyridine rings is 2. The molecule has 0 radical (unpaired) electrons. The lowest BCUT2D eigenvalue weighted by Crippen LogP contribution is -2.46. The summed E-state index contributed by atoms with van der Waals surface area (Å²) in [6.07, 6.45) is 4.61. The Labute approximate surface area is 241 Å². The van der Waals surface area contributed by atoms with Crippen molar-refractivity contribution in [2.75, 3.05) is 36.9 Å². The zero-order valence-electron chi connectivity index (χ0n) is 22.8. The Morgan fingerprint density at radius 2 is 1.97 bits per heavy atom. The molecule has 0 aliphatic carbocycles. The van der Waals surface area contributed by atoms with E-state index in [0.29, 0.717) is 58.2 Å². The minimum absolute atomic E-state index is 0.132. The van der Waals surface area contributed by atoms with Crippen molar-refractivity contribution in [2.24, 2.45) is 11.8 Å². The minimum Gasteiger partial charge on any atom is -0.376 e. The number of amides is 1. The van der Waals surface area contributed by atoms with Gasteiger partial charge in [0.05, 0.1) is 32.5 Å². The fourth-order valence-corrected chi connectivity index (χ4v) is 6.88. The molecule has 9 nitrogen and oxygen atoms in total. The van der Waals surface area contributed by atoms with Gasteiger partial charge in [-0.25, -0.2) is 22.7 Å². The van der Waals surface area contributed by atoms with Gasteiger partial charge in [-0.3, -0.25) is 4.79 Å². The number of nitrogens with zero attached hydrogens (tertiary/aromatic N) is 3. The van der Waals surface area contributed by atoms with E-state index in [1.54, 1.807) is 26.0 Å². The summed E-state index contributed by atoms with van der Waals surface area (Å²) < 4.78 is 32.5. The SMILES string of the molecule is CC(C)S(=O)(=O)N1CCC[C@H](C(=O)Nc2cc(-c3nc(NC[C@H]4CCOC(C)(C)C4)ccc3Cl)c(Cl)cn2)C1. The summed E-state index contributed by atoms with van der Waals surface area (Å²) in [5.74, 6) is 0.674. The Bertz CT molecular complexity index is 1310. The number of nitrogens with one attached hydrogen (secondary N) is 2. The Morgan fingerprint density at radius 1 is 1.21 bits per heavy atom. The monoisotopic (exact) mass is 597 g/mol. The average Bonchev–Trinajstić information content (AvgIpc) is 2.89. The van der Waals surface area contributed by atoms with Crippen LogP contribution in [0, 0.1) is 11.8 Å². The number of rotatable bonds is 8. The van der Waals surface area contributed by atoms with Gasteiger partial charge in [0, 0.05) is 38.0 Å². The molecule has 0 bridgehead atoms. The van der Waals surface area contributed by atoms with Crippen LogP contribution in [0.15, 0.2) is 24.4 Å². The lowest BCUT2D eigenvalue weighted by atomic mass is 9.88. The van der Waals surface area contributed by atoms with Crippen LogP contribution in [-0.4, -0.2) is 65.7 Å². The molecule has 4 rings (SSSR count). The van der Waals surface area contributed by atoms with Crippen LogP contribution in [0.4, 0.5) is 11.6 Å². The van der Waals surface area contributed by atoms with Crippen LogP contribution in [0.2, 0.25) is 10.0 Å². The van der Waals surface area contributed by atoms with E-state index in [1.165, 1.54) is 10.5 Å². The Morgan fingerprint density at radius 3 is 2.69 bits per heavy atom. The maximum absolute atomic E-state index is 13.1. The summed E-state index contributed by atoms with van der Waals surface area (Å²) in [4.78, 5) is 22.1.